The normalized spacial score (nSPS) is 16.2. The molecule has 27 heavy (non-hydrogen) atoms. The van der Waals surface area contributed by atoms with Crippen LogP contribution in [0.4, 0.5) is 5.69 Å². The SMILES string of the molecule is CCOC(=O)c1cc(C(=O)N2CCCC2c2ccccc2)cc([N+](=O)[O-])c1. The van der Waals surface area contributed by atoms with Crippen molar-refractivity contribution in [3.8, 4) is 0 Å². The van der Waals surface area contributed by atoms with Gasteiger partial charge in [0.15, 0.2) is 0 Å². The molecule has 7 heteroatoms. The highest BCUT2D eigenvalue weighted by Gasteiger charge is 2.31. The first-order valence-electron chi connectivity index (χ1n) is 8.83. The van der Waals surface area contributed by atoms with Crippen LogP contribution in [0.3, 0.4) is 0 Å². The lowest BCUT2D eigenvalue weighted by Gasteiger charge is -2.25. The Morgan fingerprint density at radius 1 is 1.19 bits per heavy atom. The first-order chi connectivity index (χ1) is 13.0. The summed E-state index contributed by atoms with van der Waals surface area (Å²) >= 11 is 0. The quantitative estimate of drug-likeness (QED) is 0.455. The lowest BCUT2D eigenvalue weighted by atomic mass is 10.0. The van der Waals surface area contributed by atoms with Crippen LogP contribution in [0.2, 0.25) is 0 Å². The van der Waals surface area contributed by atoms with Crippen LogP contribution in [0.5, 0.6) is 0 Å². The van der Waals surface area contributed by atoms with Gasteiger partial charge in [-0.1, -0.05) is 30.3 Å². The number of hydrogen-bond acceptors (Lipinski definition) is 5. The minimum absolute atomic E-state index is 0.00450. The third-order valence-electron chi connectivity index (χ3n) is 4.58. The van der Waals surface area contributed by atoms with Gasteiger partial charge in [-0.2, -0.15) is 0 Å². The van der Waals surface area contributed by atoms with Gasteiger partial charge >= 0.3 is 5.97 Å². The number of nitro benzene ring substituents is 1. The molecule has 1 unspecified atom stereocenters. The van der Waals surface area contributed by atoms with Gasteiger partial charge in [-0.15, -0.1) is 0 Å². The van der Waals surface area contributed by atoms with Crippen molar-refractivity contribution in [2.75, 3.05) is 13.2 Å². The fourth-order valence-electron chi connectivity index (χ4n) is 3.37. The molecule has 1 saturated heterocycles. The van der Waals surface area contributed by atoms with Gasteiger partial charge in [0, 0.05) is 24.2 Å². The molecule has 1 fully saturated rings. The van der Waals surface area contributed by atoms with Crippen LogP contribution in [0, 0.1) is 10.1 Å². The minimum Gasteiger partial charge on any atom is -0.462 e. The maximum absolute atomic E-state index is 13.1. The molecule has 1 amide bonds. The van der Waals surface area contributed by atoms with E-state index in [0.717, 1.165) is 24.5 Å². The van der Waals surface area contributed by atoms with Crippen molar-refractivity contribution >= 4 is 17.6 Å². The van der Waals surface area contributed by atoms with E-state index in [1.54, 1.807) is 11.8 Å². The van der Waals surface area contributed by atoms with Crippen LogP contribution in [-0.4, -0.2) is 34.9 Å². The molecule has 0 aliphatic carbocycles. The summed E-state index contributed by atoms with van der Waals surface area (Å²) in [5.74, 6) is -1.01. The third-order valence-corrected chi connectivity index (χ3v) is 4.58. The molecule has 0 radical (unpaired) electrons. The number of likely N-dealkylation sites (tertiary alicyclic amines) is 1. The van der Waals surface area contributed by atoms with Crippen molar-refractivity contribution in [1.29, 1.82) is 0 Å². The molecule has 0 spiro atoms. The Bertz CT molecular complexity index is 866. The summed E-state index contributed by atoms with van der Waals surface area (Å²) in [5, 5.41) is 11.2. The van der Waals surface area contributed by atoms with Gasteiger partial charge in [-0.25, -0.2) is 4.79 Å². The molecule has 2 aromatic carbocycles. The molecule has 1 aliphatic heterocycles. The van der Waals surface area contributed by atoms with E-state index in [4.69, 9.17) is 4.74 Å². The Kier molecular flexibility index (Phi) is 5.49. The third kappa shape index (κ3) is 3.97. The topological polar surface area (TPSA) is 89.8 Å². The second kappa shape index (κ2) is 7.99. The maximum atomic E-state index is 13.1. The molecular weight excluding hydrogens is 348 g/mol. The van der Waals surface area contributed by atoms with Crippen molar-refractivity contribution in [2.24, 2.45) is 0 Å². The Balaban J connectivity index is 1.95. The standard InChI is InChI=1S/C20H20N2O5/c1-2-27-20(24)16-11-15(12-17(13-16)22(25)26)19(23)21-10-6-9-18(21)14-7-4-3-5-8-14/h3-5,7-8,11-13,18H,2,6,9-10H2,1H3. The molecule has 0 N–H and O–H groups in total. The van der Waals surface area contributed by atoms with E-state index >= 15 is 0 Å². The molecule has 1 heterocycles. The number of carbonyl (C=O) groups is 2. The molecule has 2 aromatic rings. The number of esters is 1. The molecule has 1 atom stereocenters. The lowest BCUT2D eigenvalue weighted by Crippen LogP contribution is -2.30. The number of ether oxygens (including phenoxy) is 1. The highest BCUT2D eigenvalue weighted by Crippen LogP contribution is 2.33. The Hall–Kier alpha value is -3.22. The number of nitro groups is 1. The Morgan fingerprint density at radius 2 is 1.89 bits per heavy atom. The molecule has 3 rings (SSSR count). The predicted molar refractivity (Wildman–Crippen MR) is 98.5 cm³/mol. The van der Waals surface area contributed by atoms with Crippen LogP contribution in [-0.2, 0) is 4.74 Å². The largest absolute Gasteiger partial charge is 0.462 e. The second-order valence-electron chi connectivity index (χ2n) is 6.31. The van der Waals surface area contributed by atoms with Crippen LogP contribution < -0.4 is 0 Å². The zero-order valence-corrected chi connectivity index (χ0v) is 15.0. The van der Waals surface area contributed by atoms with Gasteiger partial charge < -0.3 is 9.64 Å². The summed E-state index contributed by atoms with van der Waals surface area (Å²) in [5.41, 5.74) is 0.846. The fourth-order valence-corrected chi connectivity index (χ4v) is 3.37. The molecule has 140 valence electrons. The number of carbonyl (C=O) groups excluding carboxylic acids is 2. The maximum Gasteiger partial charge on any atom is 0.338 e. The van der Waals surface area contributed by atoms with E-state index in [2.05, 4.69) is 0 Å². The molecule has 1 aliphatic rings. The van der Waals surface area contributed by atoms with Crippen LogP contribution in [0.1, 0.15) is 52.1 Å². The number of benzene rings is 2. The average Bonchev–Trinajstić information content (AvgIpc) is 3.17. The summed E-state index contributed by atoms with van der Waals surface area (Å²) in [6.07, 6.45) is 1.68. The highest BCUT2D eigenvalue weighted by molar-refractivity contribution is 5.99. The zero-order chi connectivity index (χ0) is 19.4. The summed E-state index contributed by atoms with van der Waals surface area (Å²) in [6.45, 7) is 2.36. The summed E-state index contributed by atoms with van der Waals surface area (Å²) < 4.78 is 4.93. The number of rotatable bonds is 5. The van der Waals surface area contributed by atoms with Gasteiger partial charge in [0.2, 0.25) is 0 Å². The van der Waals surface area contributed by atoms with Gasteiger partial charge in [0.05, 0.1) is 23.1 Å². The first kappa shape index (κ1) is 18.6. The van der Waals surface area contributed by atoms with Crippen molar-refractivity contribution < 1.29 is 19.2 Å². The van der Waals surface area contributed by atoms with Crippen molar-refractivity contribution in [3.05, 3.63) is 75.3 Å². The molecule has 0 saturated carbocycles. The molecule has 0 aromatic heterocycles. The number of amides is 1. The Morgan fingerprint density at radius 3 is 2.56 bits per heavy atom. The first-order valence-corrected chi connectivity index (χ1v) is 8.83. The number of nitrogens with zero attached hydrogens (tertiary/aromatic N) is 2. The highest BCUT2D eigenvalue weighted by atomic mass is 16.6. The van der Waals surface area contributed by atoms with E-state index < -0.39 is 10.9 Å². The fraction of sp³-hybridized carbons (Fsp3) is 0.300. The van der Waals surface area contributed by atoms with Gasteiger partial charge in [-0.3, -0.25) is 14.9 Å². The summed E-state index contributed by atoms with van der Waals surface area (Å²) in [6, 6.07) is 13.3. The summed E-state index contributed by atoms with van der Waals surface area (Å²) in [4.78, 5) is 37.5. The second-order valence-corrected chi connectivity index (χ2v) is 6.31. The van der Waals surface area contributed by atoms with Crippen molar-refractivity contribution in [1.82, 2.24) is 4.90 Å². The lowest BCUT2D eigenvalue weighted by molar-refractivity contribution is -0.384. The van der Waals surface area contributed by atoms with E-state index in [9.17, 15) is 19.7 Å². The van der Waals surface area contributed by atoms with Crippen LogP contribution in [0.15, 0.2) is 48.5 Å². The predicted octanol–water partition coefficient (Wildman–Crippen LogP) is 3.75. The van der Waals surface area contributed by atoms with Crippen molar-refractivity contribution in [2.45, 2.75) is 25.8 Å². The van der Waals surface area contributed by atoms with Gasteiger partial charge in [0.1, 0.15) is 0 Å². The average molecular weight is 368 g/mol. The van der Waals surface area contributed by atoms with E-state index in [1.807, 2.05) is 30.3 Å². The van der Waals surface area contributed by atoms with Gasteiger partial charge in [-0.05, 0) is 31.4 Å². The van der Waals surface area contributed by atoms with Crippen LogP contribution >= 0.6 is 0 Å². The monoisotopic (exact) mass is 368 g/mol. The molecular formula is C20H20N2O5. The van der Waals surface area contributed by atoms with Crippen LogP contribution in [0.25, 0.3) is 0 Å². The molecule has 0 bridgehead atoms. The van der Waals surface area contributed by atoms with Gasteiger partial charge in [0.25, 0.3) is 11.6 Å². The van der Waals surface area contributed by atoms with E-state index in [1.165, 1.54) is 12.1 Å². The minimum atomic E-state index is -0.684. The van der Waals surface area contributed by atoms with E-state index in [-0.39, 0.29) is 35.4 Å². The number of hydrogen-bond donors (Lipinski definition) is 0. The zero-order valence-electron chi connectivity index (χ0n) is 15.0. The smallest absolute Gasteiger partial charge is 0.338 e. The number of non-ortho nitro benzene ring substituents is 1. The summed E-state index contributed by atoms with van der Waals surface area (Å²) in [7, 11) is 0. The van der Waals surface area contributed by atoms with E-state index in [0.29, 0.717) is 6.54 Å². The van der Waals surface area contributed by atoms with Crippen molar-refractivity contribution in [3.63, 3.8) is 0 Å². The Labute approximate surface area is 156 Å². The molecule has 7 nitrogen and oxygen atoms in total.